The molecule has 136 valence electrons. The second-order valence-electron chi connectivity index (χ2n) is 6.65. The summed E-state index contributed by atoms with van der Waals surface area (Å²) in [4.78, 5) is 12.3. The minimum atomic E-state index is -0.0310. The number of carbonyl (C=O) groups is 1. The summed E-state index contributed by atoms with van der Waals surface area (Å²) in [5, 5.41) is 8.17. The molecule has 1 amide bonds. The lowest BCUT2D eigenvalue weighted by Crippen LogP contribution is -2.25. The lowest BCUT2D eigenvalue weighted by molar-refractivity contribution is -0.116. The van der Waals surface area contributed by atoms with Crippen molar-refractivity contribution in [2.75, 3.05) is 12.1 Å². The predicted octanol–water partition coefficient (Wildman–Crippen LogP) is 3.79. The van der Waals surface area contributed by atoms with Crippen LogP contribution < -0.4 is 14.8 Å². The second kappa shape index (κ2) is 6.32. The lowest BCUT2D eigenvalue weighted by Gasteiger charge is -2.24. The number of nitrogens with zero attached hydrogens (tertiary/aromatic N) is 2. The van der Waals surface area contributed by atoms with Crippen LogP contribution in [0.5, 0.6) is 11.5 Å². The van der Waals surface area contributed by atoms with E-state index in [2.05, 4.69) is 10.4 Å². The van der Waals surface area contributed by atoms with Crippen LogP contribution in [0.1, 0.15) is 29.0 Å². The SMILES string of the molecule is O=C1CC(c2ccc(Cl)cc2)c2cnn(Cc3ccc4c(c3)OCO4)c2N1. The Morgan fingerprint density at radius 2 is 1.96 bits per heavy atom. The van der Waals surface area contributed by atoms with Crippen LogP contribution in [-0.4, -0.2) is 22.5 Å². The van der Waals surface area contributed by atoms with Crippen molar-refractivity contribution in [2.45, 2.75) is 18.9 Å². The molecule has 0 spiro atoms. The van der Waals surface area contributed by atoms with Crippen LogP contribution in [0.4, 0.5) is 5.82 Å². The monoisotopic (exact) mass is 381 g/mol. The molecular formula is C20H16ClN3O3. The third kappa shape index (κ3) is 2.92. The average molecular weight is 382 g/mol. The first-order chi connectivity index (χ1) is 13.2. The van der Waals surface area contributed by atoms with E-state index < -0.39 is 0 Å². The number of fused-ring (bicyclic) bond motifs is 2. The number of amides is 1. The summed E-state index contributed by atoms with van der Waals surface area (Å²) >= 11 is 6.00. The minimum absolute atomic E-state index is 0.0186. The van der Waals surface area contributed by atoms with Gasteiger partial charge in [-0.1, -0.05) is 29.8 Å². The van der Waals surface area contributed by atoms with E-state index >= 15 is 0 Å². The van der Waals surface area contributed by atoms with Crippen molar-refractivity contribution in [3.8, 4) is 11.5 Å². The molecule has 2 aliphatic rings. The number of aromatic nitrogens is 2. The van der Waals surface area contributed by atoms with Crippen LogP contribution in [-0.2, 0) is 11.3 Å². The molecule has 0 saturated heterocycles. The maximum atomic E-state index is 12.3. The zero-order chi connectivity index (χ0) is 18.4. The van der Waals surface area contributed by atoms with Gasteiger partial charge in [-0.05, 0) is 35.4 Å². The fraction of sp³-hybridized carbons (Fsp3) is 0.200. The Morgan fingerprint density at radius 1 is 1.15 bits per heavy atom. The van der Waals surface area contributed by atoms with Gasteiger partial charge in [-0.3, -0.25) is 4.79 Å². The van der Waals surface area contributed by atoms with Crippen molar-refractivity contribution < 1.29 is 14.3 Å². The van der Waals surface area contributed by atoms with E-state index in [1.807, 2.05) is 53.3 Å². The van der Waals surface area contributed by atoms with Crippen LogP contribution in [0.3, 0.4) is 0 Å². The van der Waals surface area contributed by atoms with Crippen molar-refractivity contribution in [1.29, 1.82) is 0 Å². The van der Waals surface area contributed by atoms with Gasteiger partial charge in [0.1, 0.15) is 5.82 Å². The van der Waals surface area contributed by atoms with Gasteiger partial charge in [0.2, 0.25) is 12.7 Å². The third-order valence-electron chi connectivity index (χ3n) is 4.93. The van der Waals surface area contributed by atoms with Gasteiger partial charge < -0.3 is 14.8 Å². The molecule has 6 nitrogen and oxygen atoms in total. The van der Waals surface area contributed by atoms with E-state index in [1.165, 1.54) is 0 Å². The Balaban J connectivity index is 1.48. The summed E-state index contributed by atoms with van der Waals surface area (Å²) in [6.07, 6.45) is 2.23. The Bertz CT molecular complexity index is 1030. The minimum Gasteiger partial charge on any atom is -0.454 e. The van der Waals surface area contributed by atoms with Gasteiger partial charge in [0, 0.05) is 22.9 Å². The first-order valence-electron chi connectivity index (χ1n) is 8.67. The van der Waals surface area contributed by atoms with Crippen molar-refractivity contribution in [1.82, 2.24) is 9.78 Å². The summed E-state index contributed by atoms with van der Waals surface area (Å²) < 4.78 is 12.6. The summed E-state index contributed by atoms with van der Waals surface area (Å²) in [5.74, 6) is 2.17. The number of ether oxygens (including phenoxy) is 2. The second-order valence-corrected chi connectivity index (χ2v) is 7.09. The molecule has 1 unspecified atom stereocenters. The Morgan fingerprint density at radius 3 is 2.81 bits per heavy atom. The van der Waals surface area contributed by atoms with E-state index in [0.717, 1.165) is 34.0 Å². The van der Waals surface area contributed by atoms with Gasteiger partial charge in [-0.15, -0.1) is 0 Å². The van der Waals surface area contributed by atoms with Crippen LogP contribution >= 0.6 is 11.6 Å². The molecule has 1 aromatic heterocycles. The van der Waals surface area contributed by atoms with Gasteiger partial charge in [0.15, 0.2) is 11.5 Å². The Hall–Kier alpha value is -2.99. The molecule has 0 fully saturated rings. The van der Waals surface area contributed by atoms with Crippen LogP contribution in [0, 0.1) is 0 Å². The molecule has 1 atom stereocenters. The topological polar surface area (TPSA) is 65.4 Å². The number of hydrogen-bond donors (Lipinski definition) is 1. The maximum absolute atomic E-state index is 12.3. The van der Waals surface area contributed by atoms with Crippen LogP contribution in [0.2, 0.25) is 5.02 Å². The summed E-state index contributed by atoms with van der Waals surface area (Å²) in [5.41, 5.74) is 3.09. The average Bonchev–Trinajstić information content (AvgIpc) is 3.29. The number of hydrogen-bond acceptors (Lipinski definition) is 4. The van der Waals surface area contributed by atoms with E-state index in [9.17, 15) is 4.79 Å². The molecule has 0 bridgehead atoms. The van der Waals surface area contributed by atoms with Crippen molar-refractivity contribution in [2.24, 2.45) is 0 Å². The number of carbonyl (C=O) groups excluding carboxylic acids is 1. The smallest absolute Gasteiger partial charge is 0.231 e. The lowest BCUT2D eigenvalue weighted by atomic mass is 9.87. The fourth-order valence-corrected chi connectivity index (χ4v) is 3.72. The van der Waals surface area contributed by atoms with Gasteiger partial charge in [-0.25, -0.2) is 4.68 Å². The first-order valence-corrected chi connectivity index (χ1v) is 9.05. The number of nitrogens with one attached hydrogen (secondary N) is 1. The molecule has 2 aliphatic heterocycles. The highest BCUT2D eigenvalue weighted by Gasteiger charge is 2.30. The molecule has 2 aromatic carbocycles. The first kappa shape index (κ1) is 16.2. The highest BCUT2D eigenvalue weighted by Crippen LogP contribution is 2.38. The molecule has 5 rings (SSSR count). The third-order valence-corrected chi connectivity index (χ3v) is 5.18. The van der Waals surface area contributed by atoms with Crippen LogP contribution in [0.15, 0.2) is 48.7 Å². The van der Waals surface area contributed by atoms with Gasteiger partial charge >= 0.3 is 0 Å². The summed E-state index contributed by atoms with van der Waals surface area (Å²) in [7, 11) is 0. The zero-order valence-electron chi connectivity index (χ0n) is 14.3. The molecule has 0 saturated carbocycles. The normalized spacial score (nSPS) is 17.5. The fourth-order valence-electron chi connectivity index (χ4n) is 3.59. The van der Waals surface area contributed by atoms with Gasteiger partial charge in [0.05, 0.1) is 12.7 Å². The van der Waals surface area contributed by atoms with Crippen LogP contribution in [0.25, 0.3) is 0 Å². The van der Waals surface area contributed by atoms with Crippen molar-refractivity contribution >= 4 is 23.3 Å². The quantitative estimate of drug-likeness (QED) is 0.749. The maximum Gasteiger partial charge on any atom is 0.231 e. The standard InChI is InChI=1S/C20H16ClN3O3/c21-14-4-2-13(3-5-14)15-8-19(25)23-20-16(15)9-22-24(20)10-12-1-6-17-18(7-12)27-11-26-17/h1-7,9,15H,8,10-11H2,(H,23,25). The van der Waals surface area contributed by atoms with Gasteiger partial charge in [0.25, 0.3) is 0 Å². The highest BCUT2D eigenvalue weighted by molar-refractivity contribution is 6.30. The largest absolute Gasteiger partial charge is 0.454 e. The molecule has 0 aliphatic carbocycles. The number of benzene rings is 2. The van der Waals surface area contributed by atoms with Crippen molar-refractivity contribution in [3.05, 3.63) is 70.4 Å². The predicted molar refractivity (Wildman–Crippen MR) is 100 cm³/mol. The van der Waals surface area contributed by atoms with Gasteiger partial charge in [-0.2, -0.15) is 5.10 Å². The summed E-state index contributed by atoms with van der Waals surface area (Å²) in [6, 6.07) is 13.4. The molecule has 3 heterocycles. The molecule has 1 N–H and O–H groups in total. The number of anilines is 1. The molecule has 27 heavy (non-hydrogen) atoms. The Kier molecular flexibility index (Phi) is 3.79. The van der Waals surface area contributed by atoms with Crippen molar-refractivity contribution in [3.63, 3.8) is 0 Å². The van der Waals surface area contributed by atoms with E-state index in [-0.39, 0.29) is 18.6 Å². The van der Waals surface area contributed by atoms with E-state index in [4.69, 9.17) is 21.1 Å². The molecular weight excluding hydrogens is 366 g/mol. The Labute approximate surface area is 160 Å². The molecule has 7 heteroatoms. The summed E-state index contributed by atoms with van der Waals surface area (Å²) in [6.45, 7) is 0.772. The zero-order valence-corrected chi connectivity index (χ0v) is 15.1. The molecule has 3 aromatic rings. The van der Waals surface area contributed by atoms with E-state index in [0.29, 0.717) is 18.0 Å². The number of rotatable bonds is 3. The molecule has 0 radical (unpaired) electrons. The highest BCUT2D eigenvalue weighted by atomic mass is 35.5. The van der Waals surface area contributed by atoms with E-state index in [1.54, 1.807) is 0 Å². The number of halogens is 1.